The lowest BCUT2D eigenvalue weighted by Crippen LogP contribution is -2.49. The lowest BCUT2D eigenvalue weighted by Gasteiger charge is -2.42. The molecule has 3 atom stereocenters. The number of likely N-dealkylation sites (tertiary alicyclic amines) is 1. The minimum absolute atomic E-state index is 0.0595. The van der Waals surface area contributed by atoms with E-state index in [1.54, 1.807) is 0 Å². The van der Waals surface area contributed by atoms with E-state index in [1.807, 2.05) is 41.0 Å². The molecule has 2 aliphatic heterocycles. The number of hydrogen-bond donors (Lipinski definition) is 3. The van der Waals surface area contributed by atoms with Gasteiger partial charge in [-0.3, -0.25) is 14.2 Å². The van der Waals surface area contributed by atoms with Gasteiger partial charge >= 0.3 is 0 Å². The van der Waals surface area contributed by atoms with Crippen molar-refractivity contribution in [2.24, 2.45) is 5.92 Å². The summed E-state index contributed by atoms with van der Waals surface area (Å²) >= 11 is 0. The summed E-state index contributed by atoms with van der Waals surface area (Å²) in [5.41, 5.74) is 2.44. The summed E-state index contributed by atoms with van der Waals surface area (Å²) < 4.78 is 49.4. The van der Waals surface area contributed by atoms with Crippen molar-refractivity contribution in [2.75, 3.05) is 46.1 Å². The van der Waals surface area contributed by atoms with Gasteiger partial charge in [-0.15, -0.1) is 0 Å². The van der Waals surface area contributed by atoms with Crippen molar-refractivity contribution < 1.29 is 28.1 Å². The number of benzene rings is 2. The number of halogens is 3. The van der Waals surface area contributed by atoms with Crippen LogP contribution in [-0.4, -0.2) is 83.2 Å². The molecular formula is C27H32F3N3O3. The third-order valence-corrected chi connectivity index (χ3v) is 7.40. The second kappa shape index (κ2) is 10.4. The number of aliphatic hydroxyl groups excluding tert-OH is 2. The Labute approximate surface area is 208 Å². The van der Waals surface area contributed by atoms with Crippen molar-refractivity contribution in [3.8, 4) is 5.75 Å². The van der Waals surface area contributed by atoms with Crippen LogP contribution in [0.3, 0.4) is 0 Å². The molecule has 3 heterocycles. The van der Waals surface area contributed by atoms with Crippen LogP contribution >= 0.6 is 0 Å². The Morgan fingerprint density at radius 1 is 1.17 bits per heavy atom. The highest BCUT2D eigenvalue weighted by molar-refractivity contribution is 5.85. The fourth-order valence-electron chi connectivity index (χ4n) is 5.56. The normalized spacial score (nSPS) is 21.9. The molecular weight excluding hydrogens is 471 g/mol. The number of nitrogens with zero attached hydrogens (tertiary/aromatic N) is 2. The fraction of sp³-hybridized carbons (Fsp3) is 0.481. The van der Waals surface area contributed by atoms with E-state index in [9.17, 15) is 14.6 Å². The molecule has 3 N–H and O–H groups in total. The molecule has 0 amide bonds. The Morgan fingerprint density at radius 3 is 2.58 bits per heavy atom. The zero-order valence-electron chi connectivity index (χ0n) is 20.3. The monoisotopic (exact) mass is 503 g/mol. The molecule has 2 aromatic carbocycles. The number of alkyl halides is 1. The maximum absolute atomic E-state index is 15.6. The van der Waals surface area contributed by atoms with E-state index >= 15 is 8.78 Å². The first-order valence-corrected chi connectivity index (χ1v) is 12.4. The van der Waals surface area contributed by atoms with Crippen molar-refractivity contribution in [1.82, 2.24) is 14.8 Å². The van der Waals surface area contributed by atoms with Gasteiger partial charge in [-0.1, -0.05) is 18.2 Å². The van der Waals surface area contributed by atoms with E-state index in [0.717, 1.165) is 16.5 Å². The molecule has 0 aliphatic carbocycles. The second-order valence-electron chi connectivity index (χ2n) is 9.98. The highest BCUT2D eigenvalue weighted by Crippen LogP contribution is 2.43. The molecule has 0 unspecified atom stereocenters. The van der Waals surface area contributed by atoms with Gasteiger partial charge in [-0.2, -0.15) is 0 Å². The Morgan fingerprint density at radius 2 is 1.89 bits per heavy atom. The molecule has 0 spiro atoms. The summed E-state index contributed by atoms with van der Waals surface area (Å²) in [5.74, 6) is -1.31. The molecule has 1 aromatic heterocycles. The minimum Gasteiger partial charge on any atom is -0.492 e. The van der Waals surface area contributed by atoms with Crippen LogP contribution in [0.15, 0.2) is 36.4 Å². The average Bonchev–Trinajstić information content (AvgIpc) is 3.19. The summed E-state index contributed by atoms with van der Waals surface area (Å²) in [6.45, 7) is 3.39. The Hall–Kier alpha value is -2.59. The summed E-state index contributed by atoms with van der Waals surface area (Å²) in [7, 11) is 0. The molecule has 0 bridgehead atoms. The molecule has 1 fully saturated rings. The summed E-state index contributed by atoms with van der Waals surface area (Å²) in [4.78, 5) is 7.24. The van der Waals surface area contributed by atoms with Crippen LogP contribution in [-0.2, 0) is 6.42 Å². The number of rotatable bonds is 9. The highest BCUT2D eigenvalue weighted by atomic mass is 19.1. The van der Waals surface area contributed by atoms with Crippen molar-refractivity contribution >= 4 is 10.9 Å². The first-order chi connectivity index (χ1) is 17.4. The lowest BCUT2D eigenvalue weighted by atomic mass is 9.87. The van der Waals surface area contributed by atoms with Gasteiger partial charge in [0.05, 0.1) is 25.4 Å². The van der Waals surface area contributed by atoms with Crippen molar-refractivity contribution in [2.45, 2.75) is 31.5 Å². The number of aromatic amines is 1. The maximum atomic E-state index is 15.6. The van der Waals surface area contributed by atoms with E-state index < -0.39 is 30.4 Å². The smallest absolute Gasteiger partial charge is 0.135 e. The largest absolute Gasteiger partial charge is 0.492 e. The number of para-hydroxylation sites is 1. The lowest BCUT2D eigenvalue weighted by molar-refractivity contribution is 0.0287. The van der Waals surface area contributed by atoms with E-state index in [2.05, 4.69) is 4.98 Å². The minimum atomic E-state index is -1.05. The standard InChI is InChI=1S/C27H32F3N3O3/c1-16-8-21-20-4-2-3-5-24(20)31-26(21)27(33(16)14-18(35)15-34)25-22(29)9-19(10-23(25)30)36-7-6-32-12-17(11-28)13-32/h2-5,9-10,16-18,27,31,34-35H,6-8,11-15H2,1H3/t16-,18+,27-/m1/s1. The summed E-state index contributed by atoms with van der Waals surface area (Å²) in [6, 6.07) is 9.20. The predicted octanol–water partition coefficient (Wildman–Crippen LogP) is 3.42. The molecule has 36 heavy (non-hydrogen) atoms. The number of nitrogens with one attached hydrogen (secondary N) is 1. The molecule has 0 saturated carbocycles. The predicted molar refractivity (Wildman–Crippen MR) is 131 cm³/mol. The van der Waals surface area contributed by atoms with Gasteiger partial charge in [0.1, 0.15) is 24.0 Å². The molecule has 194 valence electrons. The first-order valence-electron chi connectivity index (χ1n) is 12.4. The van der Waals surface area contributed by atoms with Gasteiger partial charge in [0.2, 0.25) is 0 Å². The Bertz CT molecular complexity index is 1190. The highest BCUT2D eigenvalue weighted by Gasteiger charge is 2.39. The molecule has 0 radical (unpaired) electrons. The Kier molecular flexibility index (Phi) is 7.25. The zero-order valence-corrected chi connectivity index (χ0v) is 20.3. The number of fused-ring (bicyclic) bond motifs is 3. The molecule has 9 heteroatoms. The van der Waals surface area contributed by atoms with Gasteiger partial charge in [-0.05, 0) is 25.0 Å². The number of aliphatic hydroxyl groups is 2. The SMILES string of the molecule is C[C@@H]1Cc2c([nH]c3ccccc23)[C@@H](c2c(F)cc(OCCN3CC(CF)C3)cc2F)N1C[C@H](O)CO. The van der Waals surface area contributed by atoms with Crippen molar-refractivity contribution in [3.63, 3.8) is 0 Å². The Balaban J connectivity index is 1.46. The van der Waals surface area contributed by atoms with Gasteiger partial charge in [-0.25, -0.2) is 8.78 Å². The quantitative estimate of drug-likeness (QED) is 0.418. The van der Waals surface area contributed by atoms with Gasteiger partial charge in [0.25, 0.3) is 0 Å². The molecule has 1 saturated heterocycles. The number of H-pyrrole nitrogens is 1. The number of aromatic nitrogens is 1. The first kappa shape index (κ1) is 25.1. The number of ether oxygens (including phenoxy) is 1. The number of β-amino-alcohol motifs (C(OH)–C–C–N with tert-alkyl or cyclic N) is 1. The third kappa shape index (κ3) is 4.72. The molecule has 3 aromatic rings. The van der Waals surface area contributed by atoms with E-state index in [-0.39, 0.29) is 43.1 Å². The van der Waals surface area contributed by atoms with Gasteiger partial charge in [0, 0.05) is 72.4 Å². The zero-order chi connectivity index (χ0) is 25.4. The van der Waals surface area contributed by atoms with E-state index in [4.69, 9.17) is 4.74 Å². The summed E-state index contributed by atoms with van der Waals surface area (Å²) in [5, 5.41) is 20.7. The molecule has 2 aliphatic rings. The fourth-order valence-corrected chi connectivity index (χ4v) is 5.56. The molecule has 6 nitrogen and oxygen atoms in total. The van der Waals surface area contributed by atoms with E-state index in [0.29, 0.717) is 31.7 Å². The van der Waals surface area contributed by atoms with Gasteiger partial charge in [0.15, 0.2) is 0 Å². The van der Waals surface area contributed by atoms with Crippen LogP contribution in [0, 0.1) is 17.6 Å². The second-order valence-corrected chi connectivity index (χ2v) is 9.98. The third-order valence-electron chi connectivity index (χ3n) is 7.40. The number of hydrogen-bond acceptors (Lipinski definition) is 5. The topological polar surface area (TPSA) is 72.0 Å². The van der Waals surface area contributed by atoms with Crippen LogP contribution in [0.4, 0.5) is 13.2 Å². The summed E-state index contributed by atoms with van der Waals surface area (Å²) in [6.07, 6.45) is -0.411. The van der Waals surface area contributed by atoms with Crippen LogP contribution in [0.5, 0.6) is 5.75 Å². The maximum Gasteiger partial charge on any atom is 0.135 e. The average molecular weight is 504 g/mol. The van der Waals surface area contributed by atoms with Crippen molar-refractivity contribution in [3.05, 3.63) is 64.9 Å². The molecule has 5 rings (SSSR count). The van der Waals surface area contributed by atoms with Gasteiger partial charge < -0.3 is 19.9 Å². The van der Waals surface area contributed by atoms with Crippen LogP contribution < -0.4 is 4.74 Å². The van der Waals surface area contributed by atoms with Crippen LogP contribution in [0.25, 0.3) is 10.9 Å². The van der Waals surface area contributed by atoms with Crippen molar-refractivity contribution in [1.29, 1.82) is 0 Å². The van der Waals surface area contributed by atoms with E-state index in [1.165, 1.54) is 12.1 Å². The van der Waals surface area contributed by atoms with Crippen LogP contribution in [0.2, 0.25) is 0 Å². The van der Waals surface area contributed by atoms with Crippen LogP contribution in [0.1, 0.15) is 29.8 Å².